The molecule has 6 nitrogen and oxygen atoms in total. The van der Waals surface area contributed by atoms with Gasteiger partial charge in [0.15, 0.2) is 0 Å². The van der Waals surface area contributed by atoms with Crippen molar-refractivity contribution in [2.24, 2.45) is 0 Å². The number of hydrogen-bond acceptors (Lipinski definition) is 5. The van der Waals surface area contributed by atoms with Crippen LogP contribution in [0.25, 0.3) is 0 Å². The summed E-state index contributed by atoms with van der Waals surface area (Å²) in [6.45, 7) is 8.10. The zero-order chi connectivity index (χ0) is 19.1. The topological polar surface area (TPSA) is 63.7 Å². The first kappa shape index (κ1) is 19.2. The molecule has 3 rings (SSSR count). The highest BCUT2D eigenvalue weighted by Crippen LogP contribution is 2.18. The monoisotopic (exact) mass is 369 g/mol. The number of morpholine rings is 1. The second kappa shape index (κ2) is 9.37. The molecular formula is C21H27N3O3. The molecule has 0 aliphatic carbocycles. The Kier molecular flexibility index (Phi) is 6.65. The van der Waals surface area contributed by atoms with Gasteiger partial charge >= 0.3 is 0 Å². The Bertz CT molecular complexity index is 756. The molecule has 0 spiro atoms. The zero-order valence-electron chi connectivity index (χ0n) is 16.0. The van der Waals surface area contributed by atoms with E-state index in [0.717, 1.165) is 49.0 Å². The number of benzene rings is 1. The third kappa shape index (κ3) is 5.69. The number of amides is 1. The zero-order valence-corrected chi connectivity index (χ0v) is 16.0. The molecule has 1 saturated heterocycles. The molecule has 27 heavy (non-hydrogen) atoms. The minimum absolute atomic E-state index is 0.0305. The molecule has 1 N–H and O–H groups in total. The van der Waals surface area contributed by atoms with Gasteiger partial charge in [0, 0.05) is 25.8 Å². The molecule has 0 bridgehead atoms. The average molecular weight is 369 g/mol. The second-order valence-corrected chi connectivity index (χ2v) is 6.77. The van der Waals surface area contributed by atoms with Gasteiger partial charge in [-0.05, 0) is 37.1 Å². The van der Waals surface area contributed by atoms with E-state index in [0.29, 0.717) is 19.6 Å². The van der Waals surface area contributed by atoms with Crippen LogP contribution in [0.15, 0.2) is 36.5 Å². The fourth-order valence-electron chi connectivity index (χ4n) is 3.00. The van der Waals surface area contributed by atoms with Crippen LogP contribution in [-0.2, 0) is 16.1 Å². The third-order valence-electron chi connectivity index (χ3n) is 4.55. The highest BCUT2D eigenvalue weighted by molar-refractivity contribution is 5.76. The number of nitrogens with one attached hydrogen (secondary N) is 1. The van der Waals surface area contributed by atoms with E-state index in [9.17, 15) is 4.79 Å². The highest BCUT2D eigenvalue weighted by Gasteiger charge is 2.12. The van der Waals surface area contributed by atoms with E-state index in [4.69, 9.17) is 9.47 Å². The average Bonchev–Trinajstić information content (AvgIpc) is 2.69. The SMILES string of the molecule is Cc1ccc(OCCC(=O)NCc2ccc(N3CCOCC3)nc2)c(C)c1. The van der Waals surface area contributed by atoms with Crippen LogP contribution in [0.4, 0.5) is 5.82 Å². The predicted octanol–water partition coefficient (Wildman–Crippen LogP) is 2.62. The first-order valence-electron chi connectivity index (χ1n) is 9.36. The number of anilines is 1. The molecule has 6 heteroatoms. The standard InChI is InChI=1S/C21H27N3O3/c1-16-3-5-19(17(2)13-16)27-10-7-21(25)23-15-18-4-6-20(22-14-18)24-8-11-26-12-9-24/h3-6,13-14H,7-12,15H2,1-2H3,(H,23,25). The molecule has 1 fully saturated rings. The van der Waals surface area contributed by atoms with Gasteiger partial charge < -0.3 is 19.7 Å². The normalized spacial score (nSPS) is 14.1. The quantitative estimate of drug-likeness (QED) is 0.813. The van der Waals surface area contributed by atoms with Crippen molar-refractivity contribution in [3.63, 3.8) is 0 Å². The van der Waals surface area contributed by atoms with E-state index in [1.807, 2.05) is 44.3 Å². The molecule has 1 aromatic heterocycles. The van der Waals surface area contributed by atoms with E-state index in [1.165, 1.54) is 5.56 Å². The molecule has 2 aromatic rings. The van der Waals surface area contributed by atoms with Gasteiger partial charge in [0.25, 0.3) is 0 Å². The number of aryl methyl sites for hydroxylation is 2. The van der Waals surface area contributed by atoms with Crippen LogP contribution in [0.1, 0.15) is 23.1 Å². The molecule has 1 amide bonds. The van der Waals surface area contributed by atoms with E-state index < -0.39 is 0 Å². The minimum atomic E-state index is -0.0305. The lowest BCUT2D eigenvalue weighted by Crippen LogP contribution is -2.36. The Balaban J connectivity index is 1.39. The van der Waals surface area contributed by atoms with Gasteiger partial charge in [-0.15, -0.1) is 0 Å². The molecule has 0 unspecified atom stereocenters. The Morgan fingerprint density at radius 1 is 1.22 bits per heavy atom. The van der Waals surface area contributed by atoms with Gasteiger partial charge in [-0.25, -0.2) is 4.98 Å². The van der Waals surface area contributed by atoms with Gasteiger partial charge in [0.2, 0.25) is 5.91 Å². The Labute approximate surface area is 160 Å². The number of aromatic nitrogens is 1. The van der Waals surface area contributed by atoms with E-state index in [1.54, 1.807) is 0 Å². The van der Waals surface area contributed by atoms with Gasteiger partial charge in [-0.1, -0.05) is 23.8 Å². The fraction of sp³-hybridized carbons (Fsp3) is 0.429. The maximum absolute atomic E-state index is 12.0. The van der Waals surface area contributed by atoms with Crippen molar-refractivity contribution in [1.29, 1.82) is 0 Å². The molecule has 0 atom stereocenters. The molecule has 0 radical (unpaired) electrons. The Morgan fingerprint density at radius 2 is 2.04 bits per heavy atom. The second-order valence-electron chi connectivity index (χ2n) is 6.77. The molecular weight excluding hydrogens is 342 g/mol. The van der Waals surface area contributed by atoms with Crippen molar-refractivity contribution in [1.82, 2.24) is 10.3 Å². The summed E-state index contributed by atoms with van der Waals surface area (Å²) in [5.74, 6) is 1.75. The number of hydrogen-bond donors (Lipinski definition) is 1. The van der Waals surface area contributed by atoms with Crippen molar-refractivity contribution < 1.29 is 14.3 Å². The minimum Gasteiger partial charge on any atom is -0.493 e. The van der Waals surface area contributed by atoms with E-state index >= 15 is 0 Å². The molecule has 1 aliphatic heterocycles. The van der Waals surface area contributed by atoms with Crippen molar-refractivity contribution >= 4 is 11.7 Å². The number of nitrogens with zero attached hydrogens (tertiary/aromatic N) is 2. The lowest BCUT2D eigenvalue weighted by Gasteiger charge is -2.27. The summed E-state index contributed by atoms with van der Waals surface area (Å²) >= 11 is 0. The van der Waals surface area contributed by atoms with Gasteiger partial charge in [-0.2, -0.15) is 0 Å². The van der Waals surface area contributed by atoms with Crippen molar-refractivity contribution in [2.45, 2.75) is 26.8 Å². The van der Waals surface area contributed by atoms with Crippen LogP contribution in [0, 0.1) is 13.8 Å². The summed E-state index contributed by atoms with van der Waals surface area (Å²) in [6.07, 6.45) is 2.14. The van der Waals surface area contributed by atoms with E-state index in [2.05, 4.69) is 21.3 Å². The largest absolute Gasteiger partial charge is 0.493 e. The highest BCUT2D eigenvalue weighted by atomic mass is 16.5. The van der Waals surface area contributed by atoms with Crippen molar-refractivity contribution in [2.75, 3.05) is 37.8 Å². The van der Waals surface area contributed by atoms with Crippen LogP contribution in [-0.4, -0.2) is 43.8 Å². The molecule has 144 valence electrons. The van der Waals surface area contributed by atoms with Crippen molar-refractivity contribution in [3.05, 3.63) is 53.2 Å². The molecule has 1 aliphatic rings. The van der Waals surface area contributed by atoms with Crippen LogP contribution in [0.3, 0.4) is 0 Å². The summed E-state index contributed by atoms with van der Waals surface area (Å²) in [7, 11) is 0. The number of ether oxygens (including phenoxy) is 2. The molecule has 1 aromatic carbocycles. The first-order chi connectivity index (χ1) is 13.1. The number of carbonyl (C=O) groups excluding carboxylic acids is 1. The summed E-state index contributed by atoms with van der Waals surface area (Å²) < 4.78 is 11.1. The first-order valence-corrected chi connectivity index (χ1v) is 9.36. The Hall–Kier alpha value is -2.60. The van der Waals surface area contributed by atoms with Crippen LogP contribution >= 0.6 is 0 Å². The lowest BCUT2D eigenvalue weighted by molar-refractivity contribution is -0.121. The van der Waals surface area contributed by atoms with Gasteiger partial charge in [-0.3, -0.25) is 4.79 Å². The maximum atomic E-state index is 12.0. The predicted molar refractivity (Wildman–Crippen MR) is 105 cm³/mol. The summed E-state index contributed by atoms with van der Waals surface area (Å²) in [5.41, 5.74) is 3.27. The fourth-order valence-corrected chi connectivity index (χ4v) is 3.00. The van der Waals surface area contributed by atoms with Gasteiger partial charge in [0.05, 0.1) is 26.2 Å². The summed E-state index contributed by atoms with van der Waals surface area (Å²) in [5, 5.41) is 2.92. The van der Waals surface area contributed by atoms with E-state index in [-0.39, 0.29) is 5.91 Å². The van der Waals surface area contributed by atoms with Crippen LogP contribution in [0.2, 0.25) is 0 Å². The number of pyridine rings is 1. The number of rotatable bonds is 7. The van der Waals surface area contributed by atoms with Gasteiger partial charge in [0.1, 0.15) is 11.6 Å². The summed E-state index contributed by atoms with van der Waals surface area (Å²) in [4.78, 5) is 18.7. The molecule has 2 heterocycles. The molecule has 0 saturated carbocycles. The smallest absolute Gasteiger partial charge is 0.223 e. The third-order valence-corrected chi connectivity index (χ3v) is 4.55. The number of carbonyl (C=O) groups is 1. The summed E-state index contributed by atoms with van der Waals surface area (Å²) in [6, 6.07) is 10.0. The maximum Gasteiger partial charge on any atom is 0.223 e. The lowest BCUT2D eigenvalue weighted by atomic mass is 10.1. The Morgan fingerprint density at radius 3 is 2.74 bits per heavy atom. The van der Waals surface area contributed by atoms with Crippen molar-refractivity contribution in [3.8, 4) is 5.75 Å². The van der Waals surface area contributed by atoms with Crippen LogP contribution < -0.4 is 15.0 Å². The van der Waals surface area contributed by atoms with Crippen LogP contribution in [0.5, 0.6) is 5.75 Å².